The van der Waals surface area contributed by atoms with E-state index in [1.807, 2.05) is 6.92 Å². The van der Waals surface area contributed by atoms with Gasteiger partial charge in [-0.25, -0.2) is 13.2 Å². The van der Waals surface area contributed by atoms with E-state index in [1.54, 1.807) is 0 Å². The second-order valence-corrected chi connectivity index (χ2v) is 7.92. The van der Waals surface area contributed by atoms with E-state index in [1.165, 1.54) is 49.6 Å². The molecule has 0 saturated heterocycles. The van der Waals surface area contributed by atoms with E-state index in [0.717, 1.165) is 11.4 Å². The lowest BCUT2D eigenvalue weighted by Crippen LogP contribution is -2.36. The fraction of sp³-hybridized carbons (Fsp3) is 0.263. The first kappa shape index (κ1) is 22.5. The van der Waals surface area contributed by atoms with Gasteiger partial charge < -0.3 is 14.2 Å². The molecule has 10 heteroatoms. The first-order chi connectivity index (χ1) is 13.7. The summed E-state index contributed by atoms with van der Waals surface area (Å²) < 4.78 is 41.9. The van der Waals surface area contributed by atoms with Gasteiger partial charge in [-0.1, -0.05) is 11.6 Å². The molecular formula is C19H20ClNO7S. The molecule has 2 aromatic rings. The predicted octanol–water partition coefficient (Wildman–Crippen LogP) is 2.89. The summed E-state index contributed by atoms with van der Waals surface area (Å²) in [5.74, 6) is -1.02. The molecular weight excluding hydrogens is 422 g/mol. The zero-order valence-corrected chi connectivity index (χ0v) is 17.6. The Labute approximate surface area is 174 Å². The molecule has 0 atom stereocenters. The number of rotatable bonds is 8. The summed E-state index contributed by atoms with van der Waals surface area (Å²) in [5, 5.41) is 0.0806. The van der Waals surface area contributed by atoms with Gasteiger partial charge in [0.2, 0.25) is 0 Å². The number of esters is 2. The quantitative estimate of drug-likeness (QED) is 0.580. The van der Waals surface area contributed by atoms with Gasteiger partial charge in [0.1, 0.15) is 12.3 Å². The summed E-state index contributed by atoms with van der Waals surface area (Å²) in [6.07, 6.45) is 0. The minimum Gasteiger partial charge on any atom is -0.494 e. The van der Waals surface area contributed by atoms with Crippen molar-refractivity contribution in [3.8, 4) is 5.75 Å². The third-order valence-electron chi connectivity index (χ3n) is 3.87. The Morgan fingerprint density at radius 2 is 1.69 bits per heavy atom. The Bertz CT molecular complexity index is 990. The van der Waals surface area contributed by atoms with Crippen LogP contribution in [-0.4, -0.2) is 47.7 Å². The third kappa shape index (κ3) is 5.18. The average Bonchev–Trinajstić information content (AvgIpc) is 2.72. The molecule has 0 amide bonds. The summed E-state index contributed by atoms with van der Waals surface area (Å²) in [5.41, 5.74) is 0.0116. The summed E-state index contributed by atoms with van der Waals surface area (Å²) >= 11 is 6.01. The number of benzene rings is 2. The Morgan fingerprint density at radius 1 is 1.03 bits per heavy atom. The lowest BCUT2D eigenvalue weighted by atomic mass is 10.2. The molecule has 2 rings (SSSR count). The molecule has 0 unspecified atom stereocenters. The molecule has 0 N–H and O–H groups in total. The van der Waals surface area contributed by atoms with Gasteiger partial charge >= 0.3 is 11.9 Å². The van der Waals surface area contributed by atoms with Crippen LogP contribution in [0.4, 0.5) is 5.69 Å². The molecule has 2 aromatic carbocycles. The van der Waals surface area contributed by atoms with Crippen molar-refractivity contribution in [2.45, 2.75) is 11.8 Å². The van der Waals surface area contributed by atoms with Crippen molar-refractivity contribution >= 4 is 39.3 Å². The Kier molecular flexibility index (Phi) is 7.46. The van der Waals surface area contributed by atoms with Crippen molar-refractivity contribution in [3.63, 3.8) is 0 Å². The summed E-state index contributed by atoms with van der Waals surface area (Å²) in [6, 6.07) is 9.71. The van der Waals surface area contributed by atoms with Crippen molar-refractivity contribution < 1.29 is 32.2 Å². The maximum Gasteiger partial charge on any atom is 0.339 e. The zero-order valence-electron chi connectivity index (χ0n) is 16.0. The minimum absolute atomic E-state index is 0.0385. The van der Waals surface area contributed by atoms with E-state index < -0.39 is 28.5 Å². The minimum atomic E-state index is -4.17. The SMILES string of the molecule is CCOc1ccc(S(=O)(=O)N(CC(=O)OC)c2ccc(Cl)c(C(=O)OC)c2)cc1. The largest absolute Gasteiger partial charge is 0.494 e. The number of hydrogen-bond donors (Lipinski definition) is 0. The van der Waals surface area contributed by atoms with Crippen molar-refractivity contribution in [1.82, 2.24) is 0 Å². The van der Waals surface area contributed by atoms with Gasteiger partial charge in [0, 0.05) is 0 Å². The normalized spacial score (nSPS) is 10.9. The van der Waals surface area contributed by atoms with Crippen LogP contribution < -0.4 is 9.04 Å². The summed E-state index contributed by atoms with van der Waals surface area (Å²) in [4.78, 5) is 23.7. The summed E-state index contributed by atoms with van der Waals surface area (Å²) in [6.45, 7) is 1.64. The van der Waals surface area contributed by atoms with Crippen molar-refractivity contribution in [1.29, 1.82) is 0 Å². The number of carbonyl (C=O) groups excluding carboxylic acids is 2. The van der Waals surface area contributed by atoms with Crippen LogP contribution in [0, 0.1) is 0 Å². The molecule has 0 spiro atoms. The van der Waals surface area contributed by atoms with E-state index in [2.05, 4.69) is 9.47 Å². The molecule has 156 valence electrons. The van der Waals surface area contributed by atoms with E-state index >= 15 is 0 Å². The standard InChI is InChI=1S/C19H20ClNO7S/c1-4-28-14-6-8-15(9-7-14)29(24,25)21(12-18(22)26-2)13-5-10-17(20)16(11-13)19(23)27-3/h5-11H,4,12H2,1-3H3. The van der Waals surface area contributed by atoms with Gasteiger partial charge in [-0.15, -0.1) is 0 Å². The Morgan fingerprint density at radius 3 is 2.24 bits per heavy atom. The maximum atomic E-state index is 13.2. The van der Waals surface area contributed by atoms with Crippen LogP contribution in [0.5, 0.6) is 5.75 Å². The average molecular weight is 442 g/mol. The number of halogens is 1. The highest BCUT2D eigenvalue weighted by Gasteiger charge is 2.29. The van der Waals surface area contributed by atoms with Crippen LogP contribution in [0.2, 0.25) is 5.02 Å². The predicted molar refractivity (Wildman–Crippen MR) is 107 cm³/mol. The Hall–Kier alpha value is -2.78. The number of hydrogen-bond acceptors (Lipinski definition) is 7. The van der Waals surface area contributed by atoms with Crippen LogP contribution in [0.3, 0.4) is 0 Å². The topological polar surface area (TPSA) is 99.2 Å². The summed E-state index contributed by atoms with van der Waals surface area (Å²) in [7, 11) is -1.85. The molecule has 0 bridgehead atoms. The van der Waals surface area contributed by atoms with Gasteiger partial charge in [0.05, 0.1) is 42.0 Å². The van der Waals surface area contributed by atoms with Crippen LogP contribution in [0.1, 0.15) is 17.3 Å². The molecule has 0 fully saturated rings. The Balaban J connectivity index is 2.55. The fourth-order valence-corrected chi connectivity index (χ4v) is 4.03. The molecule has 0 aliphatic carbocycles. The van der Waals surface area contributed by atoms with Gasteiger partial charge in [-0.3, -0.25) is 9.10 Å². The number of ether oxygens (including phenoxy) is 3. The van der Waals surface area contributed by atoms with E-state index in [4.69, 9.17) is 16.3 Å². The lowest BCUT2D eigenvalue weighted by Gasteiger charge is -2.24. The number of sulfonamides is 1. The van der Waals surface area contributed by atoms with Gasteiger partial charge in [-0.05, 0) is 49.4 Å². The fourth-order valence-electron chi connectivity index (χ4n) is 2.43. The second kappa shape index (κ2) is 9.62. The third-order valence-corrected chi connectivity index (χ3v) is 5.98. The smallest absolute Gasteiger partial charge is 0.339 e. The maximum absolute atomic E-state index is 13.2. The van der Waals surface area contributed by atoms with Crippen LogP contribution >= 0.6 is 11.6 Å². The number of methoxy groups -OCH3 is 2. The van der Waals surface area contributed by atoms with E-state index in [0.29, 0.717) is 12.4 Å². The second-order valence-electron chi connectivity index (χ2n) is 5.65. The number of anilines is 1. The van der Waals surface area contributed by atoms with Crippen molar-refractivity contribution in [2.75, 3.05) is 31.7 Å². The molecule has 0 saturated carbocycles. The van der Waals surface area contributed by atoms with Crippen molar-refractivity contribution in [2.24, 2.45) is 0 Å². The molecule has 0 aromatic heterocycles. The zero-order chi connectivity index (χ0) is 21.6. The first-order valence-electron chi connectivity index (χ1n) is 8.44. The van der Waals surface area contributed by atoms with Gasteiger partial charge in [0.15, 0.2) is 0 Å². The number of nitrogens with zero attached hydrogens (tertiary/aromatic N) is 1. The van der Waals surface area contributed by atoms with Crippen LogP contribution in [0.25, 0.3) is 0 Å². The highest BCUT2D eigenvalue weighted by molar-refractivity contribution is 7.92. The molecule has 0 radical (unpaired) electrons. The highest BCUT2D eigenvalue weighted by atomic mass is 35.5. The van der Waals surface area contributed by atoms with Crippen LogP contribution in [0.15, 0.2) is 47.4 Å². The van der Waals surface area contributed by atoms with E-state index in [-0.39, 0.29) is 21.2 Å². The molecule has 0 aliphatic heterocycles. The lowest BCUT2D eigenvalue weighted by molar-refractivity contribution is -0.138. The molecule has 29 heavy (non-hydrogen) atoms. The molecule has 0 heterocycles. The van der Waals surface area contributed by atoms with Crippen molar-refractivity contribution in [3.05, 3.63) is 53.1 Å². The van der Waals surface area contributed by atoms with E-state index in [9.17, 15) is 18.0 Å². The van der Waals surface area contributed by atoms with Gasteiger partial charge in [-0.2, -0.15) is 0 Å². The monoisotopic (exact) mass is 441 g/mol. The molecule has 0 aliphatic rings. The highest BCUT2D eigenvalue weighted by Crippen LogP contribution is 2.29. The molecule has 8 nitrogen and oxygen atoms in total. The van der Waals surface area contributed by atoms with Crippen LogP contribution in [-0.2, 0) is 24.3 Å². The first-order valence-corrected chi connectivity index (χ1v) is 10.3. The number of carbonyl (C=O) groups is 2. The van der Waals surface area contributed by atoms with Gasteiger partial charge in [0.25, 0.3) is 10.0 Å².